The first kappa shape index (κ1) is 13.7. The van der Waals surface area contributed by atoms with Crippen molar-refractivity contribution in [1.82, 2.24) is 5.32 Å². The van der Waals surface area contributed by atoms with Crippen molar-refractivity contribution in [1.29, 1.82) is 0 Å². The van der Waals surface area contributed by atoms with Gasteiger partial charge in [-0.15, -0.1) is 0 Å². The van der Waals surface area contributed by atoms with Crippen LogP contribution in [0, 0.1) is 0 Å². The highest BCUT2D eigenvalue weighted by atomic mass is 17.2. The van der Waals surface area contributed by atoms with Gasteiger partial charge in [-0.1, -0.05) is 6.92 Å². The number of amides is 1. The summed E-state index contributed by atoms with van der Waals surface area (Å²) in [5.41, 5.74) is -0.623. The highest BCUT2D eigenvalue weighted by Crippen LogP contribution is 2.07. The van der Waals surface area contributed by atoms with Gasteiger partial charge in [0, 0.05) is 0 Å². The fourth-order valence-electron chi connectivity index (χ4n) is 0.668. The number of aliphatic carboxylic acids is 1. The Hall–Kier alpha value is -1.30. The van der Waals surface area contributed by atoms with E-state index in [1.165, 1.54) is 0 Å². The van der Waals surface area contributed by atoms with E-state index in [2.05, 4.69) is 10.2 Å². The first-order valence-electron chi connectivity index (χ1n) is 4.65. The average molecular weight is 219 g/mol. The van der Waals surface area contributed by atoms with Gasteiger partial charge in [0.05, 0.1) is 0 Å². The lowest BCUT2D eigenvalue weighted by atomic mass is 10.2. The van der Waals surface area contributed by atoms with E-state index in [4.69, 9.17) is 9.99 Å². The summed E-state index contributed by atoms with van der Waals surface area (Å²) in [5.74, 6) is -1.11. The third-order valence-electron chi connectivity index (χ3n) is 1.37. The van der Waals surface area contributed by atoms with E-state index in [1.807, 2.05) is 0 Å². The summed E-state index contributed by atoms with van der Waals surface area (Å²) in [7, 11) is 0. The van der Waals surface area contributed by atoms with Gasteiger partial charge in [-0.3, -0.25) is 4.89 Å². The molecule has 6 heteroatoms. The predicted molar refractivity (Wildman–Crippen MR) is 52.2 cm³/mol. The largest absolute Gasteiger partial charge is 0.480 e. The smallest absolute Gasteiger partial charge is 0.439 e. The first-order chi connectivity index (χ1) is 6.76. The zero-order valence-electron chi connectivity index (χ0n) is 9.36. The minimum Gasteiger partial charge on any atom is -0.480 e. The van der Waals surface area contributed by atoms with E-state index in [9.17, 15) is 9.59 Å². The van der Waals surface area contributed by atoms with Gasteiger partial charge in [0.25, 0.3) is 0 Å². The molecule has 0 aliphatic rings. The molecule has 0 aromatic heterocycles. The van der Waals surface area contributed by atoms with Crippen LogP contribution in [0.1, 0.15) is 34.1 Å². The van der Waals surface area contributed by atoms with Gasteiger partial charge in [0.1, 0.15) is 11.6 Å². The predicted octanol–water partition coefficient (Wildman–Crippen LogP) is 1.31. The molecule has 6 nitrogen and oxygen atoms in total. The molecular formula is C9H17NO5. The second-order valence-electron chi connectivity index (χ2n) is 4.01. The molecule has 0 aromatic carbocycles. The number of hydrogen-bond acceptors (Lipinski definition) is 4. The second-order valence-corrected chi connectivity index (χ2v) is 4.01. The zero-order valence-corrected chi connectivity index (χ0v) is 9.36. The Kier molecular flexibility index (Phi) is 5.07. The van der Waals surface area contributed by atoms with E-state index in [1.54, 1.807) is 27.7 Å². The summed E-state index contributed by atoms with van der Waals surface area (Å²) in [6, 6.07) is -0.957. The molecule has 1 amide bonds. The third kappa shape index (κ3) is 6.73. The summed E-state index contributed by atoms with van der Waals surface area (Å²) in [6.45, 7) is 6.75. The normalized spacial score (nSPS) is 13.1. The molecule has 2 N–H and O–H groups in total. The van der Waals surface area contributed by atoms with Gasteiger partial charge in [-0.25, -0.2) is 9.59 Å². The van der Waals surface area contributed by atoms with Crippen molar-refractivity contribution in [3.63, 3.8) is 0 Å². The maximum atomic E-state index is 11.0. The monoisotopic (exact) mass is 219 g/mol. The Balaban J connectivity index is 3.98. The van der Waals surface area contributed by atoms with Crippen LogP contribution >= 0.6 is 0 Å². The van der Waals surface area contributed by atoms with Gasteiger partial charge in [0.2, 0.25) is 0 Å². The first-order valence-corrected chi connectivity index (χ1v) is 4.65. The van der Waals surface area contributed by atoms with Crippen LogP contribution in [0.3, 0.4) is 0 Å². The number of carboxylic acid groups (broad SMARTS) is 1. The highest BCUT2D eigenvalue weighted by molar-refractivity contribution is 5.79. The van der Waals surface area contributed by atoms with Crippen LogP contribution in [-0.2, 0) is 14.6 Å². The van der Waals surface area contributed by atoms with Crippen LogP contribution in [0.15, 0.2) is 0 Å². The summed E-state index contributed by atoms with van der Waals surface area (Å²) < 4.78 is 0. The average Bonchev–Trinajstić information content (AvgIpc) is 2.09. The summed E-state index contributed by atoms with van der Waals surface area (Å²) >= 11 is 0. The molecule has 1 unspecified atom stereocenters. The van der Waals surface area contributed by atoms with Crippen molar-refractivity contribution in [3.05, 3.63) is 0 Å². The molecular weight excluding hydrogens is 202 g/mol. The lowest BCUT2D eigenvalue weighted by molar-refractivity contribution is -0.300. The van der Waals surface area contributed by atoms with Crippen molar-refractivity contribution >= 4 is 12.1 Å². The molecule has 0 rings (SSSR count). The number of rotatable bonds is 4. The Labute approximate surface area is 88.5 Å². The van der Waals surface area contributed by atoms with Gasteiger partial charge < -0.3 is 10.4 Å². The molecule has 15 heavy (non-hydrogen) atoms. The molecule has 0 aliphatic carbocycles. The summed E-state index contributed by atoms with van der Waals surface area (Å²) in [5, 5.41) is 10.8. The Morgan fingerprint density at radius 3 is 2.27 bits per heavy atom. The molecule has 0 fully saturated rings. The molecule has 1 atom stereocenters. The van der Waals surface area contributed by atoms with E-state index >= 15 is 0 Å². The summed E-state index contributed by atoms with van der Waals surface area (Å²) in [6.07, 6.45) is -0.626. The van der Waals surface area contributed by atoms with Crippen LogP contribution in [0.4, 0.5) is 4.79 Å². The van der Waals surface area contributed by atoms with Gasteiger partial charge in [-0.2, -0.15) is 4.89 Å². The van der Waals surface area contributed by atoms with Gasteiger partial charge >= 0.3 is 12.1 Å². The van der Waals surface area contributed by atoms with Crippen LogP contribution < -0.4 is 5.32 Å². The number of carboxylic acids is 1. The molecule has 0 bridgehead atoms. The van der Waals surface area contributed by atoms with Crippen LogP contribution in [-0.4, -0.2) is 28.8 Å². The second kappa shape index (κ2) is 5.55. The lowest BCUT2D eigenvalue weighted by Gasteiger charge is -2.18. The van der Waals surface area contributed by atoms with E-state index in [0.717, 1.165) is 0 Å². The molecule has 0 radical (unpaired) electrons. The molecule has 0 saturated heterocycles. The minimum absolute atomic E-state index is 0.278. The Morgan fingerprint density at radius 2 is 1.93 bits per heavy atom. The van der Waals surface area contributed by atoms with E-state index < -0.39 is 23.7 Å². The maximum absolute atomic E-state index is 11.0. The number of carbonyl (C=O) groups is 2. The molecule has 0 heterocycles. The molecule has 0 spiro atoms. The SMILES string of the molecule is CCC(NC(=O)OOC(C)(C)C)C(=O)O. The lowest BCUT2D eigenvalue weighted by Crippen LogP contribution is -2.41. The fraction of sp³-hybridized carbons (Fsp3) is 0.778. The van der Waals surface area contributed by atoms with Crippen molar-refractivity contribution in [2.75, 3.05) is 0 Å². The van der Waals surface area contributed by atoms with Gasteiger partial charge in [0.15, 0.2) is 0 Å². The van der Waals surface area contributed by atoms with Crippen molar-refractivity contribution in [3.8, 4) is 0 Å². The Bertz CT molecular complexity index is 233. The standard InChI is InChI=1S/C9H17NO5/c1-5-6(7(11)12)10-8(13)14-15-9(2,3)4/h6H,5H2,1-4H3,(H,10,13)(H,11,12). The maximum Gasteiger partial charge on any atom is 0.439 e. The van der Waals surface area contributed by atoms with Crippen molar-refractivity contribution < 1.29 is 24.5 Å². The number of nitrogens with one attached hydrogen (secondary N) is 1. The van der Waals surface area contributed by atoms with Crippen LogP contribution in [0.5, 0.6) is 0 Å². The quantitative estimate of drug-likeness (QED) is 0.550. The molecule has 0 aromatic rings. The van der Waals surface area contributed by atoms with Crippen molar-refractivity contribution in [2.45, 2.75) is 45.8 Å². The number of carbonyl (C=O) groups excluding carboxylic acids is 1. The molecule has 0 aliphatic heterocycles. The van der Waals surface area contributed by atoms with Crippen LogP contribution in [0.2, 0.25) is 0 Å². The third-order valence-corrected chi connectivity index (χ3v) is 1.37. The topological polar surface area (TPSA) is 84.9 Å². The van der Waals surface area contributed by atoms with Crippen molar-refractivity contribution in [2.24, 2.45) is 0 Å². The molecule has 0 saturated carbocycles. The van der Waals surface area contributed by atoms with Gasteiger partial charge in [-0.05, 0) is 27.2 Å². The van der Waals surface area contributed by atoms with E-state index in [-0.39, 0.29) is 6.42 Å². The zero-order chi connectivity index (χ0) is 12.1. The van der Waals surface area contributed by atoms with E-state index in [0.29, 0.717) is 0 Å². The fourth-order valence-corrected chi connectivity index (χ4v) is 0.668. The minimum atomic E-state index is -1.11. The van der Waals surface area contributed by atoms with Crippen LogP contribution in [0.25, 0.3) is 0 Å². The molecule has 88 valence electrons. The highest BCUT2D eigenvalue weighted by Gasteiger charge is 2.21. The Morgan fingerprint density at radius 1 is 1.40 bits per heavy atom. The summed E-state index contributed by atoms with van der Waals surface area (Å²) in [4.78, 5) is 30.7. The number of hydrogen-bond donors (Lipinski definition) is 2.